The summed E-state index contributed by atoms with van der Waals surface area (Å²) in [4.78, 5) is 2.87. The van der Waals surface area contributed by atoms with E-state index in [0.717, 1.165) is 0 Å². The van der Waals surface area contributed by atoms with Crippen molar-refractivity contribution >= 4 is 5.84 Å². The molecule has 1 saturated carbocycles. The molecule has 3 N–H and O–H groups in total. The molecule has 1 aromatic rings. The molecule has 8 heteroatoms. The number of fused-ring (bicyclic) bond motifs is 1. The lowest BCUT2D eigenvalue weighted by Gasteiger charge is -2.30. The molecule has 0 amide bonds. The van der Waals surface area contributed by atoms with Gasteiger partial charge in [0.15, 0.2) is 10.8 Å². The van der Waals surface area contributed by atoms with Crippen LogP contribution in [0.15, 0.2) is 18.2 Å². The van der Waals surface area contributed by atoms with Crippen molar-refractivity contribution in [1.82, 2.24) is 0 Å². The van der Waals surface area contributed by atoms with Crippen molar-refractivity contribution in [1.29, 1.82) is 10.5 Å². The van der Waals surface area contributed by atoms with E-state index in [9.17, 15) is 10.5 Å². The average Bonchev–Trinajstić information content (AvgIpc) is 3.09. The Hall–Kier alpha value is -2.81. The Kier molecular flexibility index (Phi) is 3.70. The van der Waals surface area contributed by atoms with Crippen molar-refractivity contribution < 1.29 is 23.9 Å². The minimum atomic E-state index is -1.58. The van der Waals surface area contributed by atoms with Gasteiger partial charge in [0.1, 0.15) is 11.5 Å². The van der Waals surface area contributed by atoms with Gasteiger partial charge in [-0.25, -0.2) is 4.99 Å². The normalized spacial score (nSPS) is 33.4. The summed E-state index contributed by atoms with van der Waals surface area (Å²) >= 11 is 0. The van der Waals surface area contributed by atoms with Crippen molar-refractivity contribution in [2.75, 3.05) is 28.4 Å². The first kappa shape index (κ1) is 18.0. The predicted molar refractivity (Wildman–Crippen MR) is 89.9 cm³/mol. The van der Waals surface area contributed by atoms with Gasteiger partial charge in [-0.05, 0) is 18.2 Å². The summed E-state index contributed by atoms with van der Waals surface area (Å²) in [5.41, 5.74) is 2.97. The molecule has 0 radical (unpaired) electrons. The number of rotatable bonds is 5. The largest absolute Gasteiger partial charge is 0.497 e. The Morgan fingerprint density at radius 3 is 2.15 bits per heavy atom. The topological polar surface area (TPSA) is 124 Å². The third-order valence-corrected chi connectivity index (χ3v) is 6.05. The molecule has 1 aliphatic carbocycles. The number of nitrogens with one attached hydrogen (secondary N) is 1. The zero-order valence-electron chi connectivity index (χ0n) is 15.3. The number of ether oxygens (including phenoxy) is 4. The monoisotopic (exact) mass is 357 g/mol. The molecular weight excluding hydrogens is 336 g/mol. The van der Waals surface area contributed by atoms with E-state index in [1.165, 1.54) is 21.3 Å². The molecule has 8 nitrogen and oxygen atoms in total. The second-order valence-corrected chi connectivity index (χ2v) is 6.48. The first-order chi connectivity index (χ1) is 12.4. The van der Waals surface area contributed by atoms with E-state index in [1.54, 1.807) is 32.2 Å². The van der Waals surface area contributed by atoms with Crippen LogP contribution in [0.4, 0.5) is 0 Å². The summed E-state index contributed by atoms with van der Waals surface area (Å²) in [6, 6.07) is 9.75. The summed E-state index contributed by atoms with van der Waals surface area (Å²) < 4.78 is 21.9. The van der Waals surface area contributed by atoms with Crippen LogP contribution in [0.1, 0.15) is 12.5 Å². The average molecular weight is 357 g/mol. The molecular formula is C18H21N4O4+. The quantitative estimate of drug-likeness (QED) is 0.674. The highest BCUT2D eigenvalue weighted by Gasteiger charge is 3.03. The van der Waals surface area contributed by atoms with Crippen molar-refractivity contribution in [2.45, 2.75) is 18.2 Å². The first-order valence-electron chi connectivity index (χ1n) is 7.92. The zero-order valence-corrected chi connectivity index (χ0v) is 15.3. The first-order valence-corrected chi connectivity index (χ1v) is 7.92. The van der Waals surface area contributed by atoms with Crippen molar-refractivity contribution in [2.24, 2.45) is 16.6 Å². The number of nitrogens with zero attached hydrogens (tertiary/aromatic N) is 2. The number of benzene rings is 1. The second kappa shape index (κ2) is 5.34. The Labute approximate surface area is 151 Å². The van der Waals surface area contributed by atoms with Gasteiger partial charge in [0.05, 0.1) is 31.8 Å². The highest BCUT2D eigenvalue weighted by Crippen LogP contribution is 2.82. The zero-order chi connectivity index (χ0) is 19.4. The minimum absolute atomic E-state index is 0.123. The van der Waals surface area contributed by atoms with Crippen LogP contribution in [0, 0.1) is 33.5 Å². The fourth-order valence-electron chi connectivity index (χ4n) is 4.76. The van der Waals surface area contributed by atoms with Gasteiger partial charge in [-0.2, -0.15) is 10.5 Å². The van der Waals surface area contributed by atoms with Crippen molar-refractivity contribution in [3.05, 3.63) is 23.8 Å². The lowest BCUT2D eigenvalue weighted by Crippen LogP contribution is -2.91. The SMILES string of the molecule is COc1ccc(OC)c([C@@]2(C)[C@]3(C#N)C(N)=[NH+]C(OC)(OC)[C@@]32C#N)c1. The van der Waals surface area contributed by atoms with Gasteiger partial charge in [0.2, 0.25) is 0 Å². The highest BCUT2D eigenvalue weighted by atomic mass is 16.7. The number of nitrogens with two attached hydrogens (primary N) is 1. The molecule has 0 aromatic heterocycles. The summed E-state index contributed by atoms with van der Waals surface area (Å²) in [5, 5.41) is 20.3. The van der Waals surface area contributed by atoms with E-state index in [4.69, 9.17) is 24.7 Å². The van der Waals surface area contributed by atoms with E-state index in [0.29, 0.717) is 17.1 Å². The molecule has 2 aliphatic rings. The van der Waals surface area contributed by atoms with Gasteiger partial charge in [0.25, 0.3) is 5.84 Å². The van der Waals surface area contributed by atoms with Gasteiger partial charge >= 0.3 is 5.91 Å². The lowest BCUT2D eigenvalue weighted by atomic mass is 9.84. The van der Waals surface area contributed by atoms with E-state index in [1.807, 2.05) is 0 Å². The second-order valence-electron chi connectivity index (χ2n) is 6.48. The van der Waals surface area contributed by atoms with Crippen molar-refractivity contribution in [3.63, 3.8) is 0 Å². The summed E-state index contributed by atoms with van der Waals surface area (Å²) in [5.74, 6) is -0.372. The van der Waals surface area contributed by atoms with Crippen LogP contribution in [-0.2, 0) is 14.9 Å². The van der Waals surface area contributed by atoms with Gasteiger partial charge in [-0.3, -0.25) is 5.73 Å². The van der Waals surface area contributed by atoms with Gasteiger partial charge in [0, 0.05) is 19.8 Å². The van der Waals surface area contributed by atoms with Gasteiger partial charge in [-0.1, -0.05) is 6.92 Å². The molecule has 0 saturated heterocycles. The maximum Gasteiger partial charge on any atom is 0.343 e. The van der Waals surface area contributed by atoms with E-state index >= 15 is 0 Å². The lowest BCUT2D eigenvalue weighted by molar-refractivity contribution is -0.688. The maximum absolute atomic E-state index is 10.2. The van der Waals surface area contributed by atoms with Crippen molar-refractivity contribution in [3.8, 4) is 23.6 Å². The number of amidine groups is 1. The molecule has 0 spiro atoms. The smallest absolute Gasteiger partial charge is 0.343 e. The number of methoxy groups -OCH3 is 4. The summed E-state index contributed by atoms with van der Waals surface area (Å²) in [7, 11) is 5.87. The highest BCUT2D eigenvalue weighted by molar-refractivity contribution is 5.97. The molecule has 0 unspecified atom stereocenters. The Balaban J connectivity index is 2.39. The van der Waals surface area contributed by atoms with E-state index < -0.39 is 22.2 Å². The van der Waals surface area contributed by atoms with E-state index in [2.05, 4.69) is 17.1 Å². The van der Waals surface area contributed by atoms with Crippen LogP contribution >= 0.6 is 0 Å². The van der Waals surface area contributed by atoms with E-state index in [-0.39, 0.29) is 5.84 Å². The molecule has 1 aromatic carbocycles. The van der Waals surface area contributed by atoms with Crippen LogP contribution in [0.25, 0.3) is 0 Å². The molecule has 1 aliphatic heterocycles. The number of nitriles is 2. The van der Waals surface area contributed by atoms with Crippen LogP contribution in [0.3, 0.4) is 0 Å². The maximum atomic E-state index is 10.2. The molecule has 1 fully saturated rings. The van der Waals surface area contributed by atoms with Gasteiger partial charge < -0.3 is 18.9 Å². The fourth-order valence-corrected chi connectivity index (χ4v) is 4.76. The fraction of sp³-hybridized carbons (Fsp3) is 0.500. The Bertz CT molecular complexity index is 882. The third-order valence-electron chi connectivity index (χ3n) is 6.05. The standard InChI is InChI=1S/C18H20N4O4/c1-15(12-8-11(23-2)6-7-13(12)24-3)16(9-19)14(21)22-18(25-4,26-5)17(15,16)10-20/h6-8H,1-5H3,(H2,21,22)/p+1/t15-,16-,17+/m0/s1. The van der Waals surface area contributed by atoms with Crippen LogP contribution < -0.4 is 20.2 Å². The molecule has 3 atom stereocenters. The van der Waals surface area contributed by atoms with Gasteiger partial charge in [-0.15, -0.1) is 0 Å². The molecule has 1 heterocycles. The summed E-state index contributed by atoms with van der Waals surface area (Å²) in [6.07, 6.45) is 0. The van der Waals surface area contributed by atoms with Crippen LogP contribution in [-0.4, -0.2) is 40.2 Å². The molecule has 26 heavy (non-hydrogen) atoms. The number of hydrogen-bond donors (Lipinski definition) is 2. The minimum Gasteiger partial charge on any atom is -0.497 e. The van der Waals surface area contributed by atoms with Crippen LogP contribution in [0.2, 0.25) is 0 Å². The molecule has 0 bridgehead atoms. The summed E-state index contributed by atoms with van der Waals surface area (Å²) in [6.45, 7) is 1.79. The predicted octanol–water partition coefficient (Wildman–Crippen LogP) is -0.607. The molecule has 3 rings (SSSR count). The Morgan fingerprint density at radius 1 is 1.04 bits per heavy atom. The number of hydrogen-bond acceptors (Lipinski definition) is 7. The third kappa shape index (κ3) is 1.45. The Morgan fingerprint density at radius 2 is 1.69 bits per heavy atom. The molecule has 136 valence electrons. The van der Waals surface area contributed by atoms with Crippen LogP contribution in [0.5, 0.6) is 11.5 Å².